The highest BCUT2D eigenvalue weighted by atomic mass is 32.2. The van der Waals surface area contributed by atoms with E-state index in [1.807, 2.05) is 20.8 Å². The normalized spacial score (nSPS) is 11.4. The molecule has 1 N–H and O–H groups in total. The molecule has 0 bridgehead atoms. The van der Waals surface area contributed by atoms with Crippen molar-refractivity contribution in [3.05, 3.63) is 24.3 Å². The number of ether oxygens (including phenoxy) is 1. The number of rotatable bonds is 10. The van der Waals surface area contributed by atoms with Crippen LogP contribution in [0.25, 0.3) is 0 Å². The Morgan fingerprint density at radius 1 is 1.29 bits per heavy atom. The van der Waals surface area contributed by atoms with Crippen LogP contribution in [0.1, 0.15) is 33.6 Å². The molecule has 0 aliphatic carbocycles. The predicted molar refractivity (Wildman–Crippen MR) is 96.9 cm³/mol. The van der Waals surface area contributed by atoms with E-state index in [2.05, 4.69) is 5.32 Å². The lowest BCUT2D eigenvalue weighted by Crippen LogP contribution is -2.33. The van der Waals surface area contributed by atoms with Crippen LogP contribution in [0.3, 0.4) is 0 Å². The fourth-order valence-electron chi connectivity index (χ4n) is 2.20. The van der Waals surface area contributed by atoms with Crippen molar-refractivity contribution in [3.63, 3.8) is 0 Å². The summed E-state index contributed by atoms with van der Waals surface area (Å²) in [6, 6.07) is 7.02. The molecule has 0 saturated carbocycles. The minimum atomic E-state index is -3.46. The number of para-hydroxylation sites is 2. The third kappa shape index (κ3) is 6.78. The highest BCUT2D eigenvalue weighted by Gasteiger charge is 2.21. The van der Waals surface area contributed by atoms with Crippen molar-refractivity contribution in [2.45, 2.75) is 33.6 Å². The lowest BCUT2D eigenvalue weighted by atomic mass is 10.2. The van der Waals surface area contributed by atoms with Gasteiger partial charge in [0.25, 0.3) is 0 Å². The summed E-state index contributed by atoms with van der Waals surface area (Å²) in [6.07, 6.45) is 1.89. The van der Waals surface area contributed by atoms with Crippen LogP contribution in [0.15, 0.2) is 24.3 Å². The third-order valence-electron chi connectivity index (χ3n) is 3.31. The van der Waals surface area contributed by atoms with Gasteiger partial charge in [0, 0.05) is 19.5 Å². The second kappa shape index (κ2) is 9.52. The standard InChI is InChI=1S/C17H28N2O4S/c1-5-23-16-10-7-6-9-15(16)19(24(4,21)22)12-8-11-17(20)18-13-14(2)3/h6-7,9-10,14H,5,8,11-13H2,1-4H3,(H,18,20). The zero-order valence-corrected chi connectivity index (χ0v) is 15.7. The summed E-state index contributed by atoms with van der Waals surface area (Å²) in [7, 11) is -3.46. The molecule has 0 aromatic heterocycles. The Labute approximate surface area is 145 Å². The molecule has 0 aliphatic heterocycles. The van der Waals surface area contributed by atoms with E-state index >= 15 is 0 Å². The van der Waals surface area contributed by atoms with Crippen LogP contribution in [0.2, 0.25) is 0 Å². The number of nitrogens with zero attached hydrogens (tertiary/aromatic N) is 1. The molecule has 0 spiro atoms. The lowest BCUT2D eigenvalue weighted by molar-refractivity contribution is -0.121. The maximum Gasteiger partial charge on any atom is 0.232 e. The van der Waals surface area contributed by atoms with Gasteiger partial charge in [-0.3, -0.25) is 9.10 Å². The fourth-order valence-corrected chi connectivity index (χ4v) is 3.16. The average molecular weight is 356 g/mol. The summed E-state index contributed by atoms with van der Waals surface area (Å²) >= 11 is 0. The first-order chi connectivity index (χ1) is 11.3. The van der Waals surface area contributed by atoms with E-state index in [1.165, 1.54) is 4.31 Å². The molecule has 0 unspecified atom stereocenters. The number of nitrogens with one attached hydrogen (secondary N) is 1. The Balaban J connectivity index is 2.77. The number of carbonyl (C=O) groups excluding carboxylic acids is 1. The fraction of sp³-hybridized carbons (Fsp3) is 0.588. The van der Waals surface area contributed by atoms with Gasteiger partial charge in [-0.25, -0.2) is 8.42 Å². The SMILES string of the molecule is CCOc1ccccc1N(CCCC(=O)NCC(C)C)S(C)(=O)=O. The molecule has 1 aromatic rings. The molecule has 24 heavy (non-hydrogen) atoms. The number of amides is 1. The van der Waals surface area contributed by atoms with Crippen LogP contribution >= 0.6 is 0 Å². The van der Waals surface area contributed by atoms with Crippen molar-refractivity contribution >= 4 is 21.6 Å². The van der Waals surface area contributed by atoms with Gasteiger partial charge in [-0.2, -0.15) is 0 Å². The quantitative estimate of drug-likeness (QED) is 0.698. The largest absolute Gasteiger partial charge is 0.492 e. The molecule has 1 rings (SSSR count). The van der Waals surface area contributed by atoms with E-state index in [1.54, 1.807) is 24.3 Å². The Morgan fingerprint density at radius 3 is 2.54 bits per heavy atom. The first kappa shape index (κ1) is 20.3. The van der Waals surface area contributed by atoms with E-state index < -0.39 is 10.0 Å². The van der Waals surface area contributed by atoms with E-state index in [9.17, 15) is 13.2 Å². The summed E-state index contributed by atoms with van der Waals surface area (Å²) in [5.74, 6) is 0.851. The van der Waals surface area contributed by atoms with Crippen LogP contribution < -0.4 is 14.4 Å². The van der Waals surface area contributed by atoms with Crippen LogP contribution in [-0.2, 0) is 14.8 Å². The van der Waals surface area contributed by atoms with E-state index in [4.69, 9.17) is 4.74 Å². The first-order valence-corrected chi connectivity index (χ1v) is 10.1. The maximum atomic E-state index is 12.1. The zero-order valence-electron chi connectivity index (χ0n) is 14.9. The second-order valence-corrected chi connectivity index (χ2v) is 7.94. The molecule has 0 aliphatic rings. The molecule has 0 fully saturated rings. The Morgan fingerprint density at radius 2 is 1.96 bits per heavy atom. The van der Waals surface area contributed by atoms with Gasteiger partial charge in [0.2, 0.25) is 15.9 Å². The molecule has 7 heteroatoms. The third-order valence-corrected chi connectivity index (χ3v) is 4.49. The molecule has 1 aromatic carbocycles. The summed E-state index contributed by atoms with van der Waals surface area (Å²) in [5, 5.41) is 2.83. The van der Waals surface area contributed by atoms with Gasteiger partial charge in [-0.1, -0.05) is 26.0 Å². The summed E-state index contributed by atoms with van der Waals surface area (Å²) in [5.41, 5.74) is 0.504. The van der Waals surface area contributed by atoms with Gasteiger partial charge in [-0.15, -0.1) is 0 Å². The van der Waals surface area contributed by atoms with Crippen LogP contribution in [0, 0.1) is 5.92 Å². The predicted octanol–water partition coefficient (Wildman–Crippen LogP) is 2.40. The molecule has 0 atom stereocenters. The Hall–Kier alpha value is -1.76. The number of hydrogen-bond acceptors (Lipinski definition) is 4. The second-order valence-electron chi connectivity index (χ2n) is 6.04. The lowest BCUT2D eigenvalue weighted by Gasteiger charge is -2.24. The van der Waals surface area contributed by atoms with Crippen molar-refractivity contribution in [2.75, 3.05) is 30.3 Å². The van der Waals surface area contributed by atoms with Gasteiger partial charge >= 0.3 is 0 Å². The molecule has 0 radical (unpaired) electrons. The summed E-state index contributed by atoms with van der Waals surface area (Å²) < 4.78 is 31.1. The van der Waals surface area contributed by atoms with Gasteiger partial charge in [0.05, 0.1) is 18.6 Å². The van der Waals surface area contributed by atoms with Crippen molar-refractivity contribution in [3.8, 4) is 5.75 Å². The van der Waals surface area contributed by atoms with E-state index in [0.717, 1.165) is 6.26 Å². The topological polar surface area (TPSA) is 75.7 Å². The molecule has 136 valence electrons. The van der Waals surface area contributed by atoms with Crippen LogP contribution in [-0.4, -0.2) is 40.3 Å². The summed E-state index contributed by atoms with van der Waals surface area (Å²) in [6.45, 7) is 7.21. The number of carbonyl (C=O) groups is 1. The first-order valence-electron chi connectivity index (χ1n) is 8.22. The number of hydrogen-bond donors (Lipinski definition) is 1. The zero-order chi connectivity index (χ0) is 18.2. The van der Waals surface area contributed by atoms with Crippen LogP contribution in [0.4, 0.5) is 5.69 Å². The molecule has 1 amide bonds. The smallest absolute Gasteiger partial charge is 0.232 e. The van der Waals surface area contributed by atoms with Gasteiger partial charge < -0.3 is 10.1 Å². The molecular weight excluding hydrogens is 328 g/mol. The average Bonchev–Trinajstić information content (AvgIpc) is 2.49. The highest BCUT2D eigenvalue weighted by molar-refractivity contribution is 7.92. The molecule has 6 nitrogen and oxygen atoms in total. The van der Waals surface area contributed by atoms with Gasteiger partial charge in [0.15, 0.2) is 0 Å². The summed E-state index contributed by atoms with van der Waals surface area (Å²) in [4.78, 5) is 11.8. The number of sulfonamides is 1. The monoisotopic (exact) mass is 356 g/mol. The van der Waals surface area contributed by atoms with Gasteiger partial charge in [0.1, 0.15) is 5.75 Å². The van der Waals surface area contributed by atoms with Crippen molar-refractivity contribution in [1.82, 2.24) is 5.32 Å². The van der Waals surface area contributed by atoms with Crippen molar-refractivity contribution < 1.29 is 17.9 Å². The van der Waals surface area contributed by atoms with Crippen LogP contribution in [0.5, 0.6) is 5.75 Å². The van der Waals surface area contributed by atoms with E-state index in [-0.39, 0.29) is 18.9 Å². The molecular formula is C17H28N2O4S. The van der Waals surface area contributed by atoms with Gasteiger partial charge in [-0.05, 0) is 31.4 Å². The number of anilines is 1. The Bertz CT molecular complexity index is 629. The minimum absolute atomic E-state index is 0.0600. The maximum absolute atomic E-state index is 12.1. The van der Waals surface area contributed by atoms with Crippen molar-refractivity contribution in [2.24, 2.45) is 5.92 Å². The highest BCUT2D eigenvalue weighted by Crippen LogP contribution is 2.30. The molecule has 0 saturated heterocycles. The Kier molecular flexibility index (Phi) is 8.04. The van der Waals surface area contributed by atoms with E-state index in [0.29, 0.717) is 36.9 Å². The number of benzene rings is 1. The molecule has 0 heterocycles. The minimum Gasteiger partial charge on any atom is -0.492 e. The van der Waals surface area contributed by atoms with Crippen molar-refractivity contribution in [1.29, 1.82) is 0 Å².